The Morgan fingerprint density at radius 3 is 2.64 bits per heavy atom. The third-order valence-corrected chi connectivity index (χ3v) is 8.43. The summed E-state index contributed by atoms with van der Waals surface area (Å²) in [5, 5.41) is 20.1. The van der Waals surface area contributed by atoms with Crippen LogP contribution in [-0.2, 0) is 11.3 Å². The molecule has 168 valence electrons. The maximum atomic E-state index is 13.3. The fourth-order valence-corrected chi connectivity index (χ4v) is 6.32. The lowest BCUT2D eigenvalue weighted by molar-refractivity contribution is -0.130. The van der Waals surface area contributed by atoms with Crippen molar-refractivity contribution in [2.24, 2.45) is 5.10 Å². The molecule has 1 unspecified atom stereocenters. The average molecular weight is 494 g/mol. The molecule has 1 aliphatic heterocycles. The zero-order valence-electron chi connectivity index (χ0n) is 18.3. The topological polar surface area (TPSA) is 63.4 Å². The molecule has 1 atom stereocenters. The maximum absolute atomic E-state index is 13.3. The summed E-state index contributed by atoms with van der Waals surface area (Å²) >= 11 is 4.75. The van der Waals surface area contributed by atoms with Crippen molar-refractivity contribution in [1.82, 2.24) is 19.8 Å². The van der Waals surface area contributed by atoms with E-state index in [1.807, 2.05) is 35.0 Å². The Morgan fingerprint density at radius 2 is 1.91 bits per heavy atom. The standard InChI is InChI=1S/C24H23N5OS3/c1-3-28-23(17-9-5-4-8-16(17)2)25-26-24(28)33-15-22(30)29-19(21-11-7-13-32-21)14-18(27-29)20-10-6-12-31-20/h4-13,19H,3,14-15H2,1-2H3. The number of benzene rings is 1. The highest BCUT2D eigenvalue weighted by Gasteiger charge is 2.34. The lowest BCUT2D eigenvalue weighted by Crippen LogP contribution is -2.28. The number of carbonyl (C=O) groups is 1. The number of hydrogen-bond donors (Lipinski definition) is 0. The Morgan fingerprint density at radius 1 is 1.09 bits per heavy atom. The number of hydrogen-bond acceptors (Lipinski definition) is 7. The normalized spacial score (nSPS) is 15.8. The molecule has 5 rings (SSSR count). The molecule has 1 aromatic carbocycles. The van der Waals surface area contributed by atoms with Gasteiger partial charge in [0.25, 0.3) is 5.91 Å². The van der Waals surface area contributed by atoms with E-state index in [0.717, 1.165) is 50.5 Å². The summed E-state index contributed by atoms with van der Waals surface area (Å²) in [7, 11) is 0. The number of amides is 1. The van der Waals surface area contributed by atoms with Crippen LogP contribution in [0.3, 0.4) is 0 Å². The summed E-state index contributed by atoms with van der Waals surface area (Å²) in [5.41, 5.74) is 3.19. The molecular weight excluding hydrogens is 470 g/mol. The minimum Gasteiger partial charge on any atom is -0.302 e. The molecular formula is C24H23N5OS3. The van der Waals surface area contributed by atoms with Crippen LogP contribution in [0, 0.1) is 6.92 Å². The van der Waals surface area contributed by atoms with Gasteiger partial charge >= 0.3 is 0 Å². The molecule has 0 fully saturated rings. The second-order valence-electron chi connectivity index (χ2n) is 7.65. The van der Waals surface area contributed by atoms with Gasteiger partial charge in [-0.25, -0.2) is 5.01 Å². The highest BCUT2D eigenvalue weighted by molar-refractivity contribution is 7.99. The molecule has 1 amide bonds. The number of aromatic nitrogens is 3. The van der Waals surface area contributed by atoms with Crippen LogP contribution in [0.25, 0.3) is 11.4 Å². The van der Waals surface area contributed by atoms with Gasteiger partial charge in [0.1, 0.15) is 0 Å². The molecule has 0 saturated carbocycles. The first-order valence-electron chi connectivity index (χ1n) is 10.7. The van der Waals surface area contributed by atoms with Crippen molar-refractivity contribution in [1.29, 1.82) is 0 Å². The van der Waals surface area contributed by atoms with Crippen molar-refractivity contribution in [3.63, 3.8) is 0 Å². The molecule has 0 saturated heterocycles. The number of thiophene rings is 2. The minimum atomic E-state index is -0.0539. The van der Waals surface area contributed by atoms with Crippen molar-refractivity contribution < 1.29 is 4.79 Å². The highest BCUT2D eigenvalue weighted by atomic mass is 32.2. The number of hydrazone groups is 1. The van der Waals surface area contributed by atoms with Crippen LogP contribution >= 0.6 is 34.4 Å². The van der Waals surface area contributed by atoms with Gasteiger partial charge in [0.15, 0.2) is 11.0 Å². The van der Waals surface area contributed by atoms with Crippen LogP contribution < -0.4 is 0 Å². The van der Waals surface area contributed by atoms with Gasteiger partial charge in [0.05, 0.1) is 22.4 Å². The number of rotatable bonds is 7. The summed E-state index contributed by atoms with van der Waals surface area (Å²) in [4.78, 5) is 15.6. The van der Waals surface area contributed by atoms with Crippen LogP contribution in [0.15, 0.2) is 69.5 Å². The van der Waals surface area contributed by atoms with E-state index in [4.69, 9.17) is 5.10 Å². The van der Waals surface area contributed by atoms with Crippen LogP contribution in [0.2, 0.25) is 0 Å². The molecule has 33 heavy (non-hydrogen) atoms. The van der Waals surface area contributed by atoms with Crippen LogP contribution in [0.5, 0.6) is 0 Å². The van der Waals surface area contributed by atoms with Crippen LogP contribution in [0.1, 0.15) is 34.7 Å². The molecule has 0 bridgehead atoms. The van der Waals surface area contributed by atoms with E-state index in [1.54, 1.807) is 27.7 Å². The molecule has 4 heterocycles. The predicted octanol–water partition coefficient (Wildman–Crippen LogP) is 5.87. The first-order chi connectivity index (χ1) is 16.2. The Balaban J connectivity index is 1.36. The van der Waals surface area contributed by atoms with Crippen molar-refractivity contribution in [2.45, 2.75) is 38.0 Å². The van der Waals surface area contributed by atoms with Crippen molar-refractivity contribution >= 4 is 46.1 Å². The van der Waals surface area contributed by atoms with Crippen molar-refractivity contribution in [3.05, 3.63) is 74.6 Å². The first kappa shape index (κ1) is 22.1. The zero-order chi connectivity index (χ0) is 22.8. The fourth-order valence-electron chi connectivity index (χ4n) is 3.93. The smallest absolute Gasteiger partial charge is 0.253 e. The van der Waals surface area contributed by atoms with E-state index in [-0.39, 0.29) is 17.7 Å². The fraction of sp³-hybridized carbons (Fsp3) is 0.250. The van der Waals surface area contributed by atoms with E-state index in [2.05, 4.69) is 52.9 Å². The zero-order valence-corrected chi connectivity index (χ0v) is 20.8. The summed E-state index contributed by atoms with van der Waals surface area (Å²) in [5.74, 6) is 1.07. The Hall–Kier alpha value is -2.75. The number of nitrogens with zero attached hydrogens (tertiary/aromatic N) is 5. The van der Waals surface area contributed by atoms with E-state index >= 15 is 0 Å². The SMILES string of the molecule is CCn1c(SCC(=O)N2N=C(c3cccs3)CC2c2cccs2)nnc1-c1ccccc1C. The van der Waals surface area contributed by atoms with Gasteiger partial charge in [0, 0.05) is 23.4 Å². The van der Waals surface area contributed by atoms with Crippen molar-refractivity contribution in [3.8, 4) is 11.4 Å². The van der Waals surface area contributed by atoms with E-state index in [0.29, 0.717) is 0 Å². The molecule has 1 aliphatic rings. The Bertz CT molecular complexity index is 1280. The largest absolute Gasteiger partial charge is 0.302 e. The van der Waals surface area contributed by atoms with Crippen LogP contribution in [-0.4, -0.2) is 37.1 Å². The predicted molar refractivity (Wildman–Crippen MR) is 136 cm³/mol. The van der Waals surface area contributed by atoms with Crippen molar-refractivity contribution in [2.75, 3.05) is 5.75 Å². The summed E-state index contributed by atoms with van der Waals surface area (Å²) in [6, 6.07) is 16.3. The molecule has 0 radical (unpaired) electrons. The summed E-state index contributed by atoms with van der Waals surface area (Å²) < 4.78 is 2.07. The van der Waals surface area contributed by atoms with Crippen LogP contribution in [0.4, 0.5) is 0 Å². The maximum Gasteiger partial charge on any atom is 0.253 e. The molecule has 0 spiro atoms. The van der Waals surface area contributed by atoms with E-state index < -0.39 is 0 Å². The minimum absolute atomic E-state index is 0.0203. The van der Waals surface area contributed by atoms with E-state index in [1.165, 1.54) is 11.8 Å². The second-order valence-corrected chi connectivity index (χ2v) is 10.5. The number of carbonyl (C=O) groups excluding carboxylic acids is 1. The Labute approximate surface area is 205 Å². The van der Waals surface area contributed by atoms with Gasteiger partial charge in [0.2, 0.25) is 0 Å². The summed E-state index contributed by atoms with van der Waals surface area (Å²) in [6.45, 7) is 4.87. The lowest BCUT2D eigenvalue weighted by Gasteiger charge is -2.20. The quantitative estimate of drug-likeness (QED) is 0.302. The highest BCUT2D eigenvalue weighted by Crippen LogP contribution is 2.36. The molecule has 0 N–H and O–H groups in total. The molecule has 9 heteroatoms. The van der Waals surface area contributed by atoms with Gasteiger partial charge in [-0.2, -0.15) is 5.10 Å². The Kier molecular flexibility index (Phi) is 6.43. The molecule has 6 nitrogen and oxygen atoms in total. The lowest BCUT2D eigenvalue weighted by atomic mass is 10.1. The van der Waals surface area contributed by atoms with Gasteiger partial charge in [-0.15, -0.1) is 32.9 Å². The molecule has 0 aliphatic carbocycles. The third-order valence-electron chi connectivity index (χ3n) is 5.59. The van der Waals surface area contributed by atoms with E-state index in [9.17, 15) is 4.79 Å². The molecule has 3 aromatic heterocycles. The van der Waals surface area contributed by atoms with Gasteiger partial charge < -0.3 is 4.57 Å². The van der Waals surface area contributed by atoms with Gasteiger partial charge in [-0.05, 0) is 42.3 Å². The molecule has 4 aromatic rings. The first-order valence-corrected chi connectivity index (χ1v) is 13.5. The summed E-state index contributed by atoms with van der Waals surface area (Å²) in [6.07, 6.45) is 0.736. The number of aryl methyl sites for hydroxylation is 1. The van der Waals surface area contributed by atoms with Gasteiger partial charge in [-0.1, -0.05) is 48.2 Å². The average Bonchev–Trinajstić information content (AvgIpc) is 3.62. The third kappa shape index (κ3) is 4.40. The second kappa shape index (κ2) is 9.62. The number of thioether (sulfide) groups is 1. The monoisotopic (exact) mass is 493 g/mol. The van der Waals surface area contributed by atoms with Gasteiger partial charge in [-0.3, -0.25) is 4.79 Å².